The van der Waals surface area contributed by atoms with Crippen LogP contribution in [0.5, 0.6) is 0 Å². The SMILES string of the molecule is O=C(CC(c1ccccc1)c1ncc[nH]1)ON1C(=O)c2ccccc2C1=O. The van der Waals surface area contributed by atoms with Gasteiger partial charge in [0.2, 0.25) is 0 Å². The van der Waals surface area contributed by atoms with Gasteiger partial charge >= 0.3 is 5.97 Å². The Bertz CT molecular complexity index is 964. The number of carbonyl (C=O) groups excluding carboxylic acids is 3. The molecule has 0 spiro atoms. The Labute approximate surface area is 154 Å². The number of hydroxylamine groups is 2. The molecule has 1 aliphatic heterocycles. The minimum absolute atomic E-state index is 0.0784. The average Bonchev–Trinajstić information content (AvgIpc) is 3.31. The number of fused-ring (bicyclic) bond motifs is 1. The summed E-state index contributed by atoms with van der Waals surface area (Å²) >= 11 is 0. The van der Waals surface area contributed by atoms with Crippen LogP contribution in [0.15, 0.2) is 67.0 Å². The van der Waals surface area contributed by atoms with Gasteiger partial charge in [-0.1, -0.05) is 47.5 Å². The number of aromatic amines is 1. The zero-order valence-corrected chi connectivity index (χ0v) is 14.2. The Kier molecular flexibility index (Phi) is 4.25. The summed E-state index contributed by atoms with van der Waals surface area (Å²) in [5.41, 5.74) is 1.31. The number of hydrogen-bond donors (Lipinski definition) is 1. The van der Waals surface area contributed by atoms with Crippen LogP contribution in [0.2, 0.25) is 0 Å². The lowest BCUT2D eigenvalue weighted by Gasteiger charge is -2.17. The second-order valence-electron chi connectivity index (χ2n) is 6.06. The molecular weight excluding hydrogens is 346 g/mol. The van der Waals surface area contributed by atoms with Crippen LogP contribution < -0.4 is 0 Å². The highest BCUT2D eigenvalue weighted by molar-refractivity contribution is 6.20. The molecule has 3 aromatic rings. The van der Waals surface area contributed by atoms with Crippen molar-refractivity contribution in [1.82, 2.24) is 15.0 Å². The number of imide groups is 1. The Balaban J connectivity index is 1.53. The molecule has 4 rings (SSSR count). The summed E-state index contributed by atoms with van der Waals surface area (Å²) in [5, 5.41) is 0.525. The summed E-state index contributed by atoms with van der Waals surface area (Å²) in [4.78, 5) is 49.5. The van der Waals surface area contributed by atoms with Crippen molar-refractivity contribution in [3.05, 3.63) is 89.5 Å². The minimum atomic E-state index is -0.699. The average molecular weight is 361 g/mol. The summed E-state index contributed by atoms with van der Waals surface area (Å²) in [7, 11) is 0. The first-order valence-electron chi connectivity index (χ1n) is 8.38. The van der Waals surface area contributed by atoms with Crippen molar-refractivity contribution in [2.24, 2.45) is 0 Å². The van der Waals surface area contributed by atoms with Gasteiger partial charge in [-0.15, -0.1) is 0 Å². The van der Waals surface area contributed by atoms with Crippen molar-refractivity contribution >= 4 is 17.8 Å². The molecule has 0 radical (unpaired) electrons. The number of carbonyl (C=O) groups is 3. The maximum Gasteiger partial charge on any atom is 0.334 e. The lowest BCUT2D eigenvalue weighted by Crippen LogP contribution is -2.33. The number of hydrogen-bond acceptors (Lipinski definition) is 5. The molecule has 0 aliphatic carbocycles. The van der Waals surface area contributed by atoms with E-state index in [0.29, 0.717) is 10.9 Å². The van der Waals surface area contributed by atoms with Gasteiger partial charge in [0, 0.05) is 12.4 Å². The molecule has 1 aliphatic rings. The van der Waals surface area contributed by atoms with E-state index in [2.05, 4.69) is 9.97 Å². The van der Waals surface area contributed by atoms with Crippen LogP contribution in [-0.2, 0) is 9.63 Å². The normalized spacial score (nSPS) is 14.1. The predicted octanol–water partition coefficient (Wildman–Crippen LogP) is 2.69. The molecule has 134 valence electrons. The molecule has 1 N–H and O–H groups in total. The van der Waals surface area contributed by atoms with Crippen molar-refractivity contribution in [3.63, 3.8) is 0 Å². The number of nitrogens with one attached hydrogen (secondary N) is 1. The van der Waals surface area contributed by atoms with Crippen LogP contribution in [0.25, 0.3) is 0 Å². The molecule has 1 aromatic heterocycles. The number of amides is 2. The molecule has 1 unspecified atom stereocenters. The summed E-state index contributed by atoms with van der Waals surface area (Å²) in [6.45, 7) is 0. The molecule has 27 heavy (non-hydrogen) atoms. The van der Waals surface area contributed by atoms with Crippen LogP contribution in [0, 0.1) is 0 Å². The Hall–Kier alpha value is -3.74. The van der Waals surface area contributed by atoms with Crippen molar-refractivity contribution in [2.45, 2.75) is 12.3 Å². The maximum atomic E-state index is 12.5. The van der Waals surface area contributed by atoms with Crippen LogP contribution in [0.3, 0.4) is 0 Å². The lowest BCUT2D eigenvalue weighted by molar-refractivity contribution is -0.168. The fourth-order valence-corrected chi connectivity index (χ4v) is 3.08. The molecule has 1 atom stereocenters. The third kappa shape index (κ3) is 3.10. The van der Waals surface area contributed by atoms with Gasteiger partial charge in [0.05, 0.1) is 23.5 Å². The fourth-order valence-electron chi connectivity index (χ4n) is 3.08. The third-order valence-electron chi connectivity index (χ3n) is 4.37. The van der Waals surface area contributed by atoms with E-state index in [1.165, 1.54) is 12.1 Å². The number of aromatic nitrogens is 2. The van der Waals surface area contributed by atoms with E-state index >= 15 is 0 Å². The second-order valence-corrected chi connectivity index (χ2v) is 6.06. The standard InChI is InChI=1S/C20H15N3O4/c24-17(27-23-19(25)14-8-4-5-9-15(14)20(23)26)12-16(18-21-10-11-22-18)13-6-2-1-3-7-13/h1-11,16H,12H2,(H,21,22). The summed E-state index contributed by atoms with van der Waals surface area (Å²) in [5.74, 6) is -1.77. The van der Waals surface area contributed by atoms with E-state index in [1.54, 1.807) is 24.5 Å². The number of benzene rings is 2. The fraction of sp³-hybridized carbons (Fsp3) is 0.100. The van der Waals surface area contributed by atoms with E-state index in [-0.39, 0.29) is 23.5 Å². The highest BCUT2D eigenvalue weighted by atomic mass is 16.7. The summed E-state index contributed by atoms with van der Waals surface area (Å²) in [6.07, 6.45) is 3.19. The van der Waals surface area contributed by atoms with Crippen LogP contribution >= 0.6 is 0 Å². The van der Waals surface area contributed by atoms with E-state index in [1.807, 2.05) is 30.3 Å². The summed E-state index contributed by atoms with van der Waals surface area (Å²) in [6, 6.07) is 15.7. The predicted molar refractivity (Wildman–Crippen MR) is 94.5 cm³/mol. The molecule has 7 nitrogen and oxygen atoms in total. The van der Waals surface area contributed by atoms with Crippen LogP contribution in [-0.4, -0.2) is 32.8 Å². The first-order chi connectivity index (χ1) is 13.1. The third-order valence-corrected chi connectivity index (χ3v) is 4.37. The van der Waals surface area contributed by atoms with Gasteiger partial charge in [-0.05, 0) is 17.7 Å². The van der Waals surface area contributed by atoms with Crippen molar-refractivity contribution in [3.8, 4) is 0 Å². The second kappa shape index (κ2) is 6.87. The number of H-pyrrole nitrogens is 1. The van der Waals surface area contributed by atoms with Gasteiger partial charge in [0.25, 0.3) is 11.8 Å². The van der Waals surface area contributed by atoms with Crippen molar-refractivity contribution < 1.29 is 19.2 Å². The molecular formula is C20H15N3O4. The molecule has 0 fully saturated rings. The molecule has 0 saturated carbocycles. The molecule has 2 amide bonds. The van der Waals surface area contributed by atoms with E-state index in [4.69, 9.17) is 4.84 Å². The molecule has 0 saturated heterocycles. The van der Waals surface area contributed by atoms with E-state index in [9.17, 15) is 14.4 Å². The quantitative estimate of drug-likeness (QED) is 0.706. The van der Waals surface area contributed by atoms with Gasteiger partial charge in [-0.25, -0.2) is 9.78 Å². The van der Waals surface area contributed by atoms with Gasteiger partial charge in [-0.2, -0.15) is 0 Å². The zero-order valence-electron chi connectivity index (χ0n) is 14.2. The Morgan fingerprint density at radius 3 is 2.22 bits per heavy atom. The smallest absolute Gasteiger partial charge is 0.334 e. The monoisotopic (exact) mass is 361 g/mol. The lowest BCUT2D eigenvalue weighted by atomic mass is 9.95. The summed E-state index contributed by atoms with van der Waals surface area (Å²) < 4.78 is 0. The maximum absolute atomic E-state index is 12.5. The highest BCUT2D eigenvalue weighted by Crippen LogP contribution is 2.27. The Morgan fingerprint density at radius 1 is 1.00 bits per heavy atom. The first kappa shape index (κ1) is 16.7. The minimum Gasteiger partial charge on any atom is -0.348 e. The van der Waals surface area contributed by atoms with Gasteiger partial charge < -0.3 is 9.82 Å². The van der Waals surface area contributed by atoms with Gasteiger partial charge in [-0.3, -0.25) is 9.59 Å². The topological polar surface area (TPSA) is 92.4 Å². The molecule has 0 bridgehead atoms. The van der Waals surface area contributed by atoms with Gasteiger partial charge in [0.15, 0.2) is 0 Å². The highest BCUT2D eigenvalue weighted by Gasteiger charge is 2.39. The zero-order chi connectivity index (χ0) is 18.8. The number of nitrogens with zero attached hydrogens (tertiary/aromatic N) is 2. The molecule has 7 heteroatoms. The van der Waals surface area contributed by atoms with Crippen LogP contribution in [0.1, 0.15) is 44.4 Å². The van der Waals surface area contributed by atoms with Crippen molar-refractivity contribution in [2.75, 3.05) is 0 Å². The van der Waals surface area contributed by atoms with E-state index < -0.39 is 17.8 Å². The largest absolute Gasteiger partial charge is 0.348 e. The number of imidazole rings is 1. The van der Waals surface area contributed by atoms with Crippen molar-refractivity contribution in [1.29, 1.82) is 0 Å². The Morgan fingerprint density at radius 2 is 1.63 bits per heavy atom. The molecule has 2 aromatic carbocycles. The van der Waals surface area contributed by atoms with Gasteiger partial charge in [0.1, 0.15) is 5.82 Å². The molecule has 2 heterocycles. The number of rotatable bonds is 5. The first-order valence-corrected chi connectivity index (χ1v) is 8.38. The van der Waals surface area contributed by atoms with E-state index in [0.717, 1.165) is 5.56 Å². The van der Waals surface area contributed by atoms with Crippen LogP contribution in [0.4, 0.5) is 0 Å².